The van der Waals surface area contributed by atoms with E-state index in [2.05, 4.69) is 10.7 Å². The SMILES string of the molecule is CCC1(c2ccccc2)NC(=O)N(NC(=O)CN(C)Cc2ccc(OC)cc2OC)C1=O. The Morgan fingerprint density at radius 1 is 1.12 bits per heavy atom. The van der Waals surface area contributed by atoms with E-state index in [1.165, 1.54) is 0 Å². The summed E-state index contributed by atoms with van der Waals surface area (Å²) in [5, 5.41) is 3.50. The summed E-state index contributed by atoms with van der Waals surface area (Å²) in [6, 6.07) is 13.8. The van der Waals surface area contributed by atoms with Gasteiger partial charge in [-0.1, -0.05) is 43.3 Å². The summed E-state index contributed by atoms with van der Waals surface area (Å²) in [6.45, 7) is 2.20. The molecule has 1 heterocycles. The molecule has 3 rings (SSSR count). The van der Waals surface area contributed by atoms with Crippen molar-refractivity contribution in [1.29, 1.82) is 0 Å². The van der Waals surface area contributed by atoms with Crippen LogP contribution in [0.1, 0.15) is 24.5 Å². The fourth-order valence-corrected chi connectivity index (χ4v) is 3.77. The number of nitrogens with zero attached hydrogens (tertiary/aromatic N) is 2. The smallest absolute Gasteiger partial charge is 0.344 e. The molecule has 9 heteroatoms. The molecule has 0 radical (unpaired) electrons. The molecule has 170 valence electrons. The van der Waals surface area contributed by atoms with Gasteiger partial charge in [0.15, 0.2) is 0 Å². The topological polar surface area (TPSA) is 100 Å². The first-order chi connectivity index (χ1) is 15.3. The average Bonchev–Trinajstić information content (AvgIpc) is 3.04. The quantitative estimate of drug-likeness (QED) is 0.579. The third-order valence-corrected chi connectivity index (χ3v) is 5.47. The fourth-order valence-electron chi connectivity index (χ4n) is 3.77. The van der Waals surface area contributed by atoms with E-state index in [-0.39, 0.29) is 6.54 Å². The van der Waals surface area contributed by atoms with Crippen molar-refractivity contribution >= 4 is 17.8 Å². The Morgan fingerprint density at radius 2 is 1.84 bits per heavy atom. The summed E-state index contributed by atoms with van der Waals surface area (Å²) in [7, 11) is 4.90. The molecule has 1 fully saturated rings. The maximum atomic E-state index is 13.1. The summed E-state index contributed by atoms with van der Waals surface area (Å²) in [5.74, 6) is 0.316. The van der Waals surface area contributed by atoms with Crippen LogP contribution >= 0.6 is 0 Å². The van der Waals surface area contributed by atoms with Gasteiger partial charge in [-0.2, -0.15) is 5.01 Å². The predicted molar refractivity (Wildman–Crippen MR) is 118 cm³/mol. The lowest BCUT2D eigenvalue weighted by atomic mass is 9.87. The first-order valence-corrected chi connectivity index (χ1v) is 10.3. The van der Waals surface area contributed by atoms with Crippen molar-refractivity contribution in [3.8, 4) is 11.5 Å². The molecule has 1 saturated heterocycles. The van der Waals surface area contributed by atoms with Gasteiger partial charge in [-0.25, -0.2) is 4.79 Å². The molecule has 2 aromatic carbocycles. The van der Waals surface area contributed by atoms with E-state index in [4.69, 9.17) is 9.47 Å². The lowest BCUT2D eigenvalue weighted by molar-refractivity contribution is -0.139. The van der Waals surface area contributed by atoms with Crippen LogP contribution in [-0.4, -0.2) is 55.6 Å². The molecule has 0 aliphatic carbocycles. The van der Waals surface area contributed by atoms with E-state index in [0.717, 1.165) is 10.6 Å². The van der Waals surface area contributed by atoms with Gasteiger partial charge in [0.25, 0.3) is 11.8 Å². The number of urea groups is 1. The molecule has 0 spiro atoms. The molecule has 1 aliphatic rings. The van der Waals surface area contributed by atoms with Crippen LogP contribution in [0.2, 0.25) is 0 Å². The van der Waals surface area contributed by atoms with Crippen molar-refractivity contribution in [1.82, 2.24) is 20.7 Å². The number of ether oxygens (including phenoxy) is 2. The number of carbonyl (C=O) groups excluding carboxylic acids is 3. The Bertz CT molecular complexity index is 997. The highest BCUT2D eigenvalue weighted by Gasteiger charge is 2.52. The molecule has 32 heavy (non-hydrogen) atoms. The van der Waals surface area contributed by atoms with Gasteiger partial charge in [0.05, 0.1) is 20.8 Å². The van der Waals surface area contributed by atoms with E-state index in [1.807, 2.05) is 25.1 Å². The lowest BCUT2D eigenvalue weighted by Gasteiger charge is -2.25. The Hall–Kier alpha value is -3.59. The Labute approximate surface area is 187 Å². The first-order valence-electron chi connectivity index (χ1n) is 10.3. The number of imide groups is 1. The Balaban J connectivity index is 1.66. The van der Waals surface area contributed by atoms with E-state index in [0.29, 0.717) is 30.0 Å². The molecule has 4 amide bonds. The zero-order chi connectivity index (χ0) is 23.3. The highest BCUT2D eigenvalue weighted by molar-refractivity contribution is 6.08. The van der Waals surface area contributed by atoms with Gasteiger partial charge in [-0.3, -0.25) is 19.9 Å². The van der Waals surface area contributed by atoms with Crippen LogP contribution < -0.4 is 20.2 Å². The van der Waals surface area contributed by atoms with Gasteiger partial charge in [-0.15, -0.1) is 0 Å². The number of likely N-dealkylation sites (N-methyl/N-ethyl adjacent to an activating group) is 1. The number of methoxy groups -OCH3 is 2. The number of hydrogen-bond acceptors (Lipinski definition) is 6. The second-order valence-electron chi connectivity index (χ2n) is 7.58. The van der Waals surface area contributed by atoms with Crippen molar-refractivity contribution in [2.75, 3.05) is 27.8 Å². The summed E-state index contributed by atoms with van der Waals surface area (Å²) in [4.78, 5) is 40.0. The maximum Gasteiger partial charge on any atom is 0.344 e. The summed E-state index contributed by atoms with van der Waals surface area (Å²) >= 11 is 0. The zero-order valence-corrected chi connectivity index (χ0v) is 18.7. The van der Waals surface area contributed by atoms with E-state index in [9.17, 15) is 14.4 Å². The molecule has 1 unspecified atom stereocenters. The van der Waals surface area contributed by atoms with Crippen molar-refractivity contribution in [3.05, 3.63) is 59.7 Å². The Kier molecular flexibility index (Phi) is 6.99. The highest BCUT2D eigenvalue weighted by atomic mass is 16.5. The van der Waals surface area contributed by atoms with Gasteiger partial charge in [-0.05, 0) is 25.1 Å². The summed E-state index contributed by atoms with van der Waals surface area (Å²) < 4.78 is 10.6. The number of benzene rings is 2. The average molecular weight is 441 g/mol. The van der Waals surface area contributed by atoms with Crippen LogP contribution in [0.5, 0.6) is 11.5 Å². The van der Waals surface area contributed by atoms with Crippen LogP contribution in [0, 0.1) is 0 Å². The zero-order valence-electron chi connectivity index (χ0n) is 18.7. The van der Waals surface area contributed by atoms with Crippen LogP contribution in [-0.2, 0) is 21.7 Å². The number of nitrogens with one attached hydrogen (secondary N) is 2. The van der Waals surface area contributed by atoms with Gasteiger partial charge in [0, 0.05) is 18.2 Å². The van der Waals surface area contributed by atoms with Gasteiger partial charge in [0.2, 0.25) is 0 Å². The van der Waals surface area contributed by atoms with E-state index in [1.54, 1.807) is 56.5 Å². The monoisotopic (exact) mass is 440 g/mol. The molecule has 0 aromatic heterocycles. The van der Waals surface area contributed by atoms with Crippen molar-refractivity contribution in [2.45, 2.75) is 25.4 Å². The minimum absolute atomic E-state index is 0.0310. The standard InChI is InChI=1S/C23H28N4O5/c1-5-23(17-9-7-6-8-10-17)21(29)27(22(30)24-23)25-20(28)15-26(2)14-16-11-12-18(31-3)13-19(16)32-4/h6-13H,5,14-15H2,1-4H3,(H,24,30)(H,25,28). The normalized spacial score (nSPS) is 18.0. The second-order valence-corrected chi connectivity index (χ2v) is 7.58. The van der Waals surface area contributed by atoms with Crippen LogP contribution in [0.25, 0.3) is 0 Å². The Morgan fingerprint density at radius 3 is 2.47 bits per heavy atom. The summed E-state index contributed by atoms with van der Waals surface area (Å²) in [5.41, 5.74) is 2.78. The largest absolute Gasteiger partial charge is 0.497 e. The number of hydrogen-bond donors (Lipinski definition) is 2. The lowest BCUT2D eigenvalue weighted by Crippen LogP contribution is -2.50. The molecule has 9 nitrogen and oxygen atoms in total. The van der Waals surface area contributed by atoms with Crippen molar-refractivity contribution < 1.29 is 23.9 Å². The number of amides is 4. The van der Waals surface area contributed by atoms with Crippen molar-refractivity contribution in [3.63, 3.8) is 0 Å². The van der Waals surface area contributed by atoms with Crippen LogP contribution in [0.3, 0.4) is 0 Å². The summed E-state index contributed by atoms with van der Waals surface area (Å²) in [6.07, 6.45) is 0.352. The fraction of sp³-hybridized carbons (Fsp3) is 0.348. The minimum atomic E-state index is -1.20. The van der Waals surface area contributed by atoms with E-state index >= 15 is 0 Å². The van der Waals surface area contributed by atoms with Gasteiger partial charge in [0.1, 0.15) is 17.0 Å². The maximum absolute atomic E-state index is 13.1. The van der Waals surface area contributed by atoms with E-state index < -0.39 is 23.4 Å². The minimum Gasteiger partial charge on any atom is -0.497 e. The van der Waals surface area contributed by atoms with Gasteiger partial charge >= 0.3 is 6.03 Å². The molecule has 2 aromatic rings. The molecule has 1 atom stereocenters. The van der Waals surface area contributed by atoms with Crippen molar-refractivity contribution in [2.24, 2.45) is 0 Å². The molecule has 1 aliphatic heterocycles. The van der Waals surface area contributed by atoms with Crippen LogP contribution in [0.15, 0.2) is 48.5 Å². The molecule has 2 N–H and O–H groups in total. The molecule has 0 bridgehead atoms. The second kappa shape index (κ2) is 9.69. The third kappa shape index (κ3) is 4.52. The van der Waals surface area contributed by atoms with Crippen LogP contribution in [0.4, 0.5) is 4.79 Å². The molecular weight excluding hydrogens is 412 g/mol. The highest BCUT2D eigenvalue weighted by Crippen LogP contribution is 2.31. The number of rotatable bonds is 9. The molecule has 0 saturated carbocycles. The third-order valence-electron chi connectivity index (χ3n) is 5.47. The number of hydrazine groups is 1. The predicted octanol–water partition coefficient (Wildman–Crippen LogP) is 2.02. The number of carbonyl (C=O) groups is 3. The van der Waals surface area contributed by atoms with Gasteiger partial charge < -0.3 is 14.8 Å². The first kappa shape index (κ1) is 23.1. The molecular formula is C23H28N4O5.